The minimum atomic E-state index is -0.702. The molecule has 7 nitrogen and oxygen atoms in total. The van der Waals surface area contributed by atoms with Crippen LogP contribution < -0.4 is 5.32 Å². The Labute approximate surface area is 168 Å². The van der Waals surface area contributed by atoms with Gasteiger partial charge in [0.1, 0.15) is 6.04 Å². The Balaban J connectivity index is 1.69. The van der Waals surface area contributed by atoms with Gasteiger partial charge in [0, 0.05) is 35.4 Å². The van der Waals surface area contributed by atoms with Crippen molar-refractivity contribution >= 4 is 23.3 Å². The highest BCUT2D eigenvalue weighted by Gasteiger charge is 2.39. The number of carbonyl (C=O) groups is 2. The van der Waals surface area contributed by atoms with Gasteiger partial charge >= 0.3 is 0 Å². The molecule has 0 saturated heterocycles. The number of nitrogens with one attached hydrogen (secondary N) is 1. The summed E-state index contributed by atoms with van der Waals surface area (Å²) in [5, 5.41) is 8.82. The molecular formula is C20H25N5O2S. The van der Waals surface area contributed by atoms with E-state index in [0.717, 1.165) is 68.5 Å². The second kappa shape index (κ2) is 8.77. The normalized spacial score (nSPS) is 18.9. The Morgan fingerprint density at radius 3 is 2.54 bits per heavy atom. The summed E-state index contributed by atoms with van der Waals surface area (Å²) in [6, 6.07) is 3.20. The molecule has 2 aromatic heterocycles. The van der Waals surface area contributed by atoms with Crippen LogP contribution in [0.4, 0.5) is 0 Å². The van der Waals surface area contributed by atoms with Crippen molar-refractivity contribution in [1.82, 2.24) is 24.8 Å². The van der Waals surface area contributed by atoms with Crippen LogP contribution in [0.2, 0.25) is 0 Å². The number of pyridine rings is 1. The smallest absolute Gasteiger partial charge is 0.276 e. The zero-order chi connectivity index (χ0) is 19.3. The Morgan fingerprint density at radius 2 is 1.89 bits per heavy atom. The van der Waals surface area contributed by atoms with E-state index in [2.05, 4.69) is 19.9 Å². The van der Waals surface area contributed by atoms with Gasteiger partial charge in [-0.15, -0.1) is 5.10 Å². The van der Waals surface area contributed by atoms with Crippen molar-refractivity contribution in [3.05, 3.63) is 41.2 Å². The van der Waals surface area contributed by atoms with Crippen LogP contribution >= 0.6 is 11.5 Å². The quantitative estimate of drug-likeness (QED) is 0.806. The van der Waals surface area contributed by atoms with Gasteiger partial charge in [-0.2, -0.15) is 0 Å². The standard InChI is InChI=1S/C20H25N5O2S/c26-19(22-15-7-1-2-8-15)18(14-6-5-11-21-12-14)25(16-9-3-4-10-16)20(27)17-13-28-24-23-17/h5-6,11-13,15-16,18H,1-4,7-10H2,(H,22,26)/t18-/m1/s1. The average molecular weight is 400 g/mol. The zero-order valence-electron chi connectivity index (χ0n) is 15.8. The first kappa shape index (κ1) is 19.0. The molecule has 4 rings (SSSR count). The number of rotatable bonds is 6. The monoisotopic (exact) mass is 399 g/mol. The molecule has 8 heteroatoms. The first-order valence-electron chi connectivity index (χ1n) is 10.0. The summed E-state index contributed by atoms with van der Waals surface area (Å²) in [7, 11) is 0. The van der Waals surface area contributed by atoms with Gasteiger partial charge in [0.05, 0.1) is 0 Å². The molecule has 2 aliphatic rings. The predicted molar refractivity (Wildman–Crippen MR) is 106 cm³/mol. The van der Waals surface area contributed by atoms with E-state index in [1.807, 2.05) is 12.1 Å². The number of nitrogens with zero attached hydrogens (tertiary/aromatic N) is 4. The van der Waals surface area contributed by atoms with Gasteiger partial charge in [-0.1, -0.05) is 36.2 Å². The summed E-state index contributed by atoms with van der Waals surface area (Å²) in [4.78, 5) is 32.7. The molecule has 0 aliphatic heterocycles. The molecule has 28 heavy (non-hydrogen) atoms. The van der Waals surface area contributed by atoms with Gasteiger partial charge in [0.15, 0.2) is 5.69 Å². The van der Waals surface area contributed by atoms with Crippen molar-refractivity contribution in [3.63, 3.8) is 0 Å². The van der Waals surface area contributed by atoms with E-state index in [-0.39, 0.29) is 23.9 Å². The topological polar surface area (TPSA) is 88.1 Å². The van der Waals surface area contributed by atoms with E-state index < -0.39 is 6.04 Å². The fourth-order valence-corrected chi connectivity index (χ4v) is 4.82. The van der Waals surface area contributed by atoms with Crippen molar-refractivity contribution in [2.75, 3.05) is 0 Å². The molecule has 0 aromatic carbocycles. The van der Waals surface area contributed by atoms with E-state index >= 15 is 0 Å². The molecule has 2 aromatic rings. The van der Waals surface area contributed by atoms with Crippen LogP contribution in [0.3, 0.4) is 0 Å². The lowest BCUT2D eigenvalue weighted by molar-refractivity contribution is -0.127. The van der Waals surface area contributed by atoms with E-state index in [1.165, 1.54) is 0 Å². The first-order chi connectivity index (χ1) is 13.7. The van der Waals surface area contributed by atoms with Crippen LogP contribution in [0.1, 0.15) is 73.5 Å². The molecule has 2 fully saturated rings. The predicted octanol–water partition coefficient (Wildman–Crippen LogP) is 3.12. The molecule has 2 amide bonds. The van der Waals surface area contributed by atoms with E-state index in [4.69, 9.17) is 0 Å². The second-order valence-corrected chi connectivity index (χ2v) is 8.23. The van der Waals surface area contributed by atoms with E-state index in [0.29, 0.717) is 5.69 Å². The second-order valence-electron chi connectivity index (χ2n) is 7.62. The lowest BCUT2D eigenvalue weighted by Gasteiger charge is -2.36. The fraction of sp³-hybridized carbons (Fsp3) is 0.550. The number of hydrogen-bond acceptors (Lipinski definition) is 6. The van der Waals surface area contributed by atoms with Crippen LogP contribution in [-0.2, 0) is 4.79 Å². The summed E-state index contributed by atoms with van der Waals surface area (Å²) >= 11 is 1.15. The molecule has 0 radical (unpaired) electrons. The Morgan fingerprint density at radius 1 is 1.14 bits per heavy atom. The number of amides is 2. The van der Waals surface area contributed by atoms with Crippen LogP contribution in [0, 0.1) is 0 Å². The maximum Gasteiger partial charge on any atom is 0.276 e. The Kier molecular flexibility index (Phi) is 5.95. The van der Waals surface area contributed by atoms with Crippen molar-refractivity contribution < 1.29 is 9.59 Å². The van der Waals surface area contributed by atoms with Crippen molar-refractivity contribution in [1.29, 1.82) is 0 Å². The van der Waals surface area contributed by atoms with Crippen molar-refractivity contribution in [2.45, 2.75) is 69.5 Å². The van der Waals surface area contributed by atoms with Crippen LogP contribution in [0.5, 0.6) is 0 Å². The maximum absolute atomic E-state index is 13.4. The third kappa shape index (κ3) is 4.06. The van der Waals surface area contributed by atoms with Crippen molar-refractivity contribution in [2.24, 2.45) is 0 Å². The van der Waals surface area contributed by atoms with Gasteiger partial charge in [-0.3, -0.25) is 14.6 Å². The van der Waals surface area contributed by atoms with Gasteiger partial charge in [-0.05, 0) is 43.3 Å². The lowest BCUT2D eigenvalue weighted by atomic mass is 10.0. The molecule has 0 unspecified atom stereocenters. The zero-order valence-corrected chi connectivity index (χ0v) is 16.6. The molecular weight excluding hydrogens is 374 g/mol. The van der Waals surface area contributed by atoms with E-state index in [9.17, 15) is 9.59 Å². The third-order valence-electron chi connectivity index (χ3n) is 5.76. The van der Waals surface area contributed by atoms with E-state index in [1.54, 1.807) is 22.7 Å². The Hall–Kier alpha value is -2.35. The van der Waals surface area contributed by atoms with Gasteiger partial charge in [-0.25, -0.2) is 0 Å². The minimum absolute atomic E-state index is 0.0220. The highest BCUT2D eigenvalue weighted by atomic mass is 32.1. The number of hydrogen-bond donors (Lipinski definition) is 1. The Bertz CT molecular complexity index is 786. The SMILES string of the molecule is O=C(NC1CCCC1)[C@@H](c1cccnc1)N(C(=O)c1csnn1)C1CCCC1. The maximum atomic E-state index is 13.4. The molecule has 2 saturated carbocycles. The third-order valence-corrected chi connectivity index (χ3v) is 6.26. The summed E-state index contributed by atoms with van der Waals surface area (Å²) < 4.78 is 3.84. The summed E-state index contributed by atoms with van der Waals surface area (Å²) in [6.07, 6.45) is 11.6. The molecule has 148 valence electrons. The average Bonchev–Trinajstić information content (AvgIpc) is 3.49. The van der Waals surface area contributed by atoms with Gasteiger partial charge in [0.2, 0.25) is 5.91 Å². The van der Waals surface area contributed by atoms with Crippen LogP contribution in [-0.4, -0.2) is 43.4 Å². The largest absolute Gasteiger partial charge is 0.351 e. The minimum Gasteiger partial charge on any atom is -0.351 e. The fourth-order valence-electron chi connectivity index (χ4n) is 4.39. The number of aromatic nitrogens is 3. The highest BCUT2D eigenvalue weighted by Crippen LogP contribution is 2.33. The van der Waals surface area contributed by atoms with Gasteiger partial charge < -0.3 is 10.2 Å². The molecule has 2 aliphatic carbocycles. The molecule has 1 N–H and O–H groups in total. The first-order valence-corrected chi connectivity index (χ1v) is 10.9. The van der Waals surface area contributed by atoms with Crippen LogP contribution in [0.15, 0.2) is 29.9 Å². The summed E-state index contributed by atoms with van der Waals surface area (Å²) in [5.41, 5.74) is 1.04. The molecule has 2 heterocycles. The summed E-state index contributed by atoms with van der Waals surface area (Å²) in [5.74, 6) is -0.348. The molecule has 0 bridgehead atoms. The van der Waals surface area contributed by atoms with Crippen LogP contribution in [0.25, 0.3) is 0 Å². The highest BCUT2D eigenvalue weighted by molar-refractivity contribution is 7.03. The molecule has 1 atom stereocenters. The number of carbonyl (C=O) groups excluding carboxylic acids is 2. The van der Waals surface area contributed by atoms with Crippen molar-refractivity contribution in [3.8, 4) is 0 Å². The lowest BCUT2D eigenvalue weighted by Crippen LogP contribution is -2.49. The summed E-state index contributed by atoms with van der Waals surface area (Å²) in [6.45, 7) is 0. The molecule has 0 spiro atoms. The van der Waals surface area contributed by atoms with Gasteiger partial charge in [0.25, 0.3) is 5.91 Å².